The molecule has 3 nitrogen and oxygen atoms in total. The largest absolute Gasteiger partial charge is 0.498 e. The lowest BCUT2D eigenvalue weighted by atomic mass is 9.78. The zero-order chi connectivity index (χ0) is 14.5. The molecule has 0 bridgehead atoms. The van der Waals surface area contributed by atoms with Crippen LogP contribution in [-0.2, 0) is 9.31 Å². The van der Waals surface area contributed by atoms with E-state index in [1.54, 1.807) is 0 Å². The van der Waals surface area contributed by atoms with Crippen LogP contribution in [0.1, 0.15) is 40.5 Å². The van der Waals surface area contributed by atoms with E-state index in [0.717, 1.165) is 28.5 Å². The molecule has 0 N–H and O–H groups in total. The molecule has 108 valence electrons. The molecule has 0 aromatic heterocycles. The second-order valence-corrected chi connectivity index (χ2v) is 7.50. The predicted octanol–water partition coefficient (Wildman–Crippen LogP) is 3.29. The van der Waals surface area contributed by atoms with Gasteiger partial charge in [-0.25, -0.2) is 0 Å². The van der Waals surface area contributed by atoms with Gasteiger partial charge < -0.3 is 14.0 Å². The number of benzene rings is 1. The van der Waals surface area contributed by atoms with Gasteiger partial charge in [0.15, 0.2) is 0 Å². The van der Waals surface area contributed by atoms with Crippen molar-refractivity contribution in [1.29, 1.82) is 0 Å². The van der Waals surface area contributed by atoms with Crippen molar-refractivity contribution in [1.82, 2.24) is 0 Å². The molecule has 0 atom stereocenters. The minimum atomic E-state index is -0.373. The second-order valence-electron chi connectivity index (χ2n) is 6.59. The van der Waals surface area contributed by atoms with Gasteiger partial charge in [0.25, 0.3) is 0 Å². The van der Waals surface area contributed by atoms with E-state index in [9.17, 15) is 0 Å². The molecule has 0 unspecified atom stereocenters. The van der Waals surface area contributed by atoms with Crippen molar-refractivity contribution in [3.63, 3.8) is 0 Å². The number of hydrogen-bond acceptors (Lipinski definition) is 3. The highest BCUT2D eigenvalue weighted by Crippen LogP contribution is 2.38. The van der Waals surface area contributed by atoms with Crippen LogP contribution in [0.15, 0.2) is 22.7 Å². The molecule has 1 aliphatic heterocycles. The number of hydrogen-bond donors (Lipinski definition) is 0. The zero-order valence-electron chi connectivity index (χ0n) is 12.4. The van der Waals surface area contributed by atoms with Crippen LogP contribution in [0.5, 0.6) is 5.75 Å². The Balaban J connectivity index is 1.90. The molecule has 5 heteroatoms. The van der Waals surface area contributed by atoms with Crippen LogP contribution in [0, 0.1) is 0 Å². The highest BCUT2D eigenvalue weighted by Gasteiger charge is 2.52. The Bertz CT molecular complexity index is 510. The van der Waals surface area contributed by atoms with Crippen LogP contribution in [-0.4, -0.2) is 24.4 Å². The van der Waals surface area contributed by atoms with Gasteiger partial charge in [-0.1, -0.05) is 22.0 Å². The third kappa shape index (κ3) is 2.63. The van der Waals surface area contributed by atoms with Gasteiger partial charge in [0.05, 0.1) is 17.3 Å². The smallest absolute Gasteiger partial charge is 0.491 e. The third-order valence-corrected chi connectivity index (χ3v) is 4.79. The first-order chi connectivity index (χ1) is 9.28. The van der Waals surface area contributed by atoms with Crippen LogP contribution in [0.25, 0.3) is 0 Å². The Labute approximate surface area is 129 Å². The lowest BCUT2D eigenvalue weighted by Gasteiger charge is -2.32. The van der Waals surface area contributed by atoms with E-state index in [-0.39, 0.29) is 18.3 Å². The van der Waals surface area contributed by atoms with E-state index in [0.29, 0.717) is 6.10 Å². The molecule has 0 radical (unpaired) electrons. The van der Waals surface area contributed by atoms with E-state index >= 15 is 0 Å². The highest BCUT2D eigenvalue weighted by atomic mass is 79.9. The summed E-state index contributed by atoms with van der Waals surface area (Å²) in [5.74, 6) is 0.861. The Hall–Kier alpha value is -0.515. The van der Waals surface area contributed by atoms with Crippen LogP contribution in [0.3, 0.4) is 0 Å². The first-order valence-corrected chi connectivity index (χ1v) is 7.89. The summed E-state index contributed by atoms with van der Waals surface area (Å²) < 4.78 is 19.2. The van der Waals surface area contributed by atoms with Crippen LogP contribution in [0.2, 0.25) is 0 Å². The first-order valence-electron chi connectivity index (χ1n) is 7.10. The van der Waals surface area contributed by atoms with Crippen molar-refractivity contribution in [3.05, 3.63) is 22.7 Å². The van der Waals surface area contributed by atoms with Gasteiger partial charge in [-0.2, -0.15) is 0 Å². The lowest BCUT2D eigenvalue weighted by molar-refractivity contribution is 0.00578. The molecule has 1 heterocycles. The summed E-state index contributed by atoms with van der Waals surface area (Å²) in [5, 5.41) is 0. The maximum absolute atomic E-state index is 6.12. The Morgan fingerprint density at radius 1 is 1.15 bits per heavy atom. The van der Waals surface area contributed by atoms with Crippen LogP contribution in [0.4, 0.5) is 0 Å². The normalized spacial score (nSPS) is 23.9. The molecule has 20 heavy (non-hydrogen) atoms. The zero-order valence-corrected chi connectivity index (χ0v) is 14.0. The van der Waals surface area contributed by atoms with Crippen LogP contribution >= 0.6 is 15.9 Å². The quantitative estimate of drug-likeness (QED) is 0.791. The molecule has 0 amide bonds. The fourth-order valence-corrected chi connectivity index (χ4v) is 2.48. The second kappa shape index (κ2) is 4.75. The standard InChI is InChI=1S/C15H20BBrO3/c1-14(2)15(3,4)20-16(19-14)12-8-5-10(17)9-13(12)18-11-6-7-11/h5,8-9,11H,6-7H2,1-4H3. The molecule has 3 rings (SSSR count). The van der Waals surface area contributed by atoms with Gasteiger partial charge in [0.2, 0.25) is 0 Å². The summed E-state index contributed by atoms with van der Waals surface area (Å²) in [6.45, 7) is 8.25. The predicted molar refractivity (Wildman–Crippen MR) is 83.5 cm³/mol. The topological polar surface area (TPSA) is 27.7 Å². The van der Waals surface area contributed by atoms with Crippen molar-refractivity contribution in [2.24, 2.45) is 0 Å². The molecule has 1 aromatic rings. The fourth-order valence-electron chi connectivity index (χ4n) is 2.14. The maximum atomic E-state index is 6.12. The summed E-state index contributed by atoms with van der Waals surface area (Å²) in [6, 6.07) is 6.02. The molecule has 1 aromatic carbocycles. The SMILES string of the molecule is CC1(C)OB(c2ccc(Br)cc2OC2CC2)OC1(C)C. The van der Waals surface area contributed by atoms with E-state index in [2.05, 4.69) is 43.6 Å². The third-order valence-electron chi connectivity index (χ3n) is 4.30. The Morgan fingerprint density at radius 3 is 2.30 bits per heavy atom. The molecule has 2 fully saturated rings. The van der Waals surface area contributed by atoms with Gasteiger partial charge in [-0.05, 0) is 52.7 Å². The van der Waals surface area contributed by atoms with Gasteiger partial charge >= 0.3 is 7.12 Å². The van der Waals surface area contributed by atoms with Crippen molar-refractivity contribution >= 4 is 28.5 Å². The van der Waals surface area contributed by atoms with Gasteiger partial charge in [-0.3, -0.25) is 0 Å². The molecular formula is C15H20BBrO3. The van der Waals surface area contributed by atoms with Crippen molar-refractivity contribution in [3.8, 4) is 5.75 Å². The summed E-state index contributed by atoms with van der Waals surface area (Å²) in [5.41, 5.74) is 0.308. The van der Waals surface area contributed by atoms with E-state index in [1.165, 1.54) is 0 Å². The van der Waals surface area contributed by atoms with Gasteiger partial charge in [-0.15, -0.1) is 0 Å². The number of rotatable bonds is 3. The lowest BCUT2D eigenvalue weighted by Crippen LogP contribution is -2.41. The van der Waals surface area contributed by atoms with E-state index in [4.69, 9.17) is 14.0 Å². The van der Waals surface area contributed by atoms with Crippen molar-refractivity contribution in [2.75, 3.05) is 0 Å². The van der Waals surface area contributed by atoms with E-state index < -0.39 is 0 Å². The minimum Gasteiger partial charge on any atom is -0.491 e. The van der Waals surface area contributed by atoms with E-state index in [1.807, 2.05) is 18.2 Å². The number of ether oxygens (including phenoxy) is 1. The summed E-state index contributed by atoms with van der Waals surface area (Å²) in [4.78, 5) is 0. The molecule has 1 aliphatic carbocycles. The van der Waals surface area contributed by atoms with Gasteiger partial charge in [0, 0.05) is 9.94 Å². The molecular weight excluding hydrogens is 319 g/mol. The summed E-state index contributed by atoms with van der Waals surface area (Å²) >= 11 is 3.50. The minimum absolute atomic E-state index is 0.332. The average Bonchev–Trinajstić information content (AvgIpc) is 3.07. The summed E-state index contributed by atoms with van der Waals surface area (Å²) in [7, 11) is -0.373. The molecule has 1 saturated carbocycles. The van der Waals surface area contributed by atoms with Crippen LogP contribution < -0.4 is 10.2 Å². The Kier molecular flexibility index (Phi) is 3.43. The summed E-state index contributed by atoms with van der Waals surface area (Å²) in [6.07, 6.45) is 2.62. The molecule has 1 saturated heterocycles. The average molecular weight is 339 g/mol. The van der Waals surface area contributed by atoms with Crippen molar-refractivity contribution < 1.29 is 14.0 Å². The molecule has 0 spiro atoms. The molecule has 2 aliphatic rings. The maximum Gasteiger partial charge on any atom is 0.498 e. The van der Waals surface area contributed by atoms with Gasteiger partial charge in [0.1, 0.15) is 5.75 Å². The highest BCUT2D eigenvalue weighted by molar-refractivity contribution is 9.10. The monoisotopic (exact) mass is 338 g/mol. The first kappa shape index (κ1) is 14.4. The fraction of sp³-hybridized carbons (Fsp3) is 0.600. The van der Waals surface area contributed by atoms with Crippen molar-refractivity contribution in [2.45, 2.75) is 57.8 Å². The Morgan fingerprint density at radius 2 is 1.75 bits per heavy atom. The number of halogens is 1.